The van der Waals surface area contributed by atoms with Gasteiger partial charge in [-0.05, 0) is 26.2 Å². The number of aliphatic hydroxyl groups excluding tert-OH is 1. The van der Waals surface area contributed by atoms with Crippen molar-refractivity contribution in [3.8, 4) is 0 Å². The predicted molar refractivity (Wildman–Crippen MR) is 57.2 cm³/mol. The third-order valence-corrected chi connectivity index (χ3v) is 2.07. The van der Waals surface area contributed by atoms with Gasteiger partial charge in [0.1, 0.15) is 0 Å². The lowest BCUT2D eigenvalue weighted by Gasteiger charge is -2.20. The van der Waals surface area contributed by atoms with Gasteiger partial charge in [-0.15, -0.1) is 0 Å². The van der Waals surface area contributed by atoms with Crippen molar-refractivity contribution in [2.45, 2.75) is 39.2 Å². The van der Waals surface area contributed by atoms with Crippen LogP contribution in [0.3, 0.4) is 0 Å². The van der Waals surface area contributed by atoms with Gasteiger partial charge in [0.2, 0.25) is 0 Å². The zero-order valence-electron chi connectivity index (χ0n) is 9.42. The Morgan fingerprint density at radius 1 is 1.57 bits per heavy atom. The molecule has 0 spiro atoms. The predicted octanol–water partition coefficient (Wildman–Crippen LogP) is 1.20. The summed E-state index contributed by atoms with van der Waals surface area (Å²) in [6.45, 7) is 4.95. The Morgan fingerprint density at radius 3 is 2.71 bits per heavy atom. The maximum Gasteiger partial charge on any atom is 0.317 e. The number of carbonyl (C=O) groups is 1. The highest BCUT2D eigenvalue weighted by Gasteiger charge is 2.10. The molecule has 0 saturated carbocycles. The van der Waals surface area contributed by atoms with E-state index in [1.165, 1.54) is 0 Å². The van der Waals surface area contributed by atoms with Crippen molar-refractivity contribution in [1.82, 2.24) is 10.2 Å². The molecule has 2 amide bonds. The molecule has 1 atom stereocenters. The van der Waals surface area contributed by atoms with Crippen molar-refractivity contribution in [3.05, 3.63) is 0 Å². The van der Waals surface area contributed by atoms with Crippen LogP contribution in [-0.4, -0.2) is 42.3 Å². The Bertz CT molecular complexity index is 162. The number of amides is 2. The molecule has 0 aliphatic carbocycles. The zero-order chi connectivity index (χ0) is 11.0. The summed E-state index contributed by atoms with van der Waals surface area (Å²) in [4.78, 5) is 13.1. The average Bonchev–Trinajstić information content (AvgIpc) is 2.15. The molecule has 0 radical (unpaired) electrons. The van der Waals surface area contributed by atoms with E-state index in [4.69, 9.17) is 5.11 Å². The molecule has 0 aromatic heterocycles. The molecule has 0 fully saturated rings. The van der Waals surface area contributed by atoms with E-state index in [1.807, 2.05) is 13.8 Å². The molecule has 0 aromatic carbocycles. The number of rotatable bonds is 6. The summed E-state index contributed by atoms with van der Waals surface area (Å²) < 4.78 is 0. The maximum atomic E-state index is 11.5. The van der Waals surface area contributed by atoms with Crippen LogP contribution in [0.25, 0.3) is 0 Å². The highest BCUT2D eigenvalue weighted by atomic mass is 16.3. The summed E-state index contributed by atoms with van der Waals surface area (Å²) in [5, 5.41) is 11.5. The smallest absolute Gasteiger partial charge is 0.317 e. The van der Waals surface area contributed by atoms with Crippen LogP contribution in [0.1, 0.15) is 33.1 Å². The Morgan fingerprint density at radius 2 is 2.21 bits per heavy atom. The van der Waals surface area contributed by atoms with Crippen molar-refractivity contribution in [1.29, 1.82) is 0 Å². The van der Waals surface area contributed by atoms with Gasteiger partial charge in [-0.1, -0.05) is 6.92 Å². The minimum atomic E-state index is -0.0303. The van der Waals surface area contributed by atoms with Crippen molar-refractivity contribution in [2.75, 3.05) is 20.2 Å². The third kappa shape index (κ3) is 5.80. The van der Waals surface area contributed by atoms with Gasteiger partial charge in [0.25, 0.3) is 0 Å². The van der Waals surface area contributed by atoms with Crippen LogP contribution < -0.4 is 5.32 Å². The summed E-state index contributed by atoms with van der Waals surface area (Å²) in [6, 6.07) is 0.103. The van der Waals surface area contributed by atoms with Crippen LogP contribution >= 0.6 is 0 Å². The number of hydrogen-bond donors (Lipinski definition) is 2. The zero-order valence-corrected chi connectivity index (χ0v) is 9.42. The fourth-order valence-electron chi connectivity index (χ4n) is 1.23. The highest BCUT2D eigenvalue weighted by Crippen LogP contribution is 1.97. The third-order valence-electron chi connectivity index (χ3n) is 2.07. The standard InChI is InChI=1S/C10H22N2O2/c1-4-7-12(3)10(14)11-9(2)6-5-8-13/h9,13H,4-8H2,1-3H3,(H,11,14). The minimum absolute atomic E-state index is 0.0303. The monoisotopic (exact) mass is 202 g/mol. The molecule has 2 N–H and O–H groups in total. The van der Waals surface area contributed by atoms with Gasteiger partial charge in [-0.3, -0.25) is 0 Å². The molecule has 14 heavy (non-hydrogen) atoms. The van der Waals surface area contributed by atoms with E-state index >= 15 is 0 Å². The van der Waals surface area contributed by atoms with Crippen LogP contribution in [0.4, 0.5) is 4.79 Å². The summed E-state index contributed by atoms with van der Waals surface area (Å²) in [7, 11) is 1.79. The van der Waals surface area contributed by atoms with Gasteiger partial charge in [-0.2, -0.15) is 0 Å². The van der Waals surface area contributed by atoms with Crippen molar-refractivity contribution in [2.24, 2.45) is 0 Å². The second kappa shape index (κ2) is 7.62. The first-order valence-corrected chi connectivity index (χ1v) is 5.24. The molecule has 1 unspecified atom stereocenters. The largest absolute Gasteiger partial charge is 0.396 e. The fraction of sp³-hybridized carbons (Fsp3) is 0.900. The molecule has 4 heteroatoms. The Labute approximate surface area is 86.3 Å². The van der Waals surface area contributed by atoms with E-state index in [0.29, 0.717) is 0 Å². The molecule has 0 aliphatic heterocycles. The van der Waals surface area contributed by atoms with Gasteiger partial charge in [0.05, 0.1) is 0 Å². The van der Waals surface area contributed by atoms with E-state index < -0.39 is 0 Å². The van der Waals surface area contributed by atoms with Crippen LogP contribution in [0.15, 0.2) is 0 Å². The summed E-state index contributed by atoms with van der Waals surface area (Å²) >= 11 is 0. The van der Waals surface area contributed by atoms with Gasteiger partial charge < -0.3 is 15.3 Å². The molecule has 84 valence electrons. The van der Waals surface area contributed by atoms with Gasteiger partial charge >= 0.3 is 6.03 Å². The van der Waals surface area contributed by atoms with E-state index in [2.05, 4.69) is 5.32 Å². The molecule has 0 aliphatic rings. The number of nitrogens with one attached hydrogen (secondary N) is 1. The minimum Gasteiger partial charge on any atom is -0.396 e. The van der Waals surface area contributed by atoms with Crippen molar-refractivity contribution < 1.29 is 9.90 Å². The Hall–Kier alpha value is -0.770. The molecular weight excluding hydrogens is 180 g/mol. The SMILES string of the molecule is CCCN(C)C(=O)NC(C)CCCO. The normalized spacial score (nSPS) is 12.3. The number of urea groups is 1. The van der Waals surface area contributed by atoms with E-state index in [0.717, 1.165) is 25.8 Å². The Balaban J connectivity index is 3.69. The number of nitrogens with zero attached hydrogens (tertiary/aromatic N) is 1. The molecule has 0 bridgehead atoms. The fourth-order valence-corrected chi connectivity index (χ4v) is 1.23. The number of carbonyl (C=O) groups excluding carboxylic acids is 1. The second-order valence-electron chi connectivity index (χ2n) is 3.64. The van der Waals surface area contributed by atoms with E-state index in [1.54, 1.807) is 11.9 Å². The molecule has 0 heterocycles. The quantitative estimate of drug-likeness (QED) is 0.680. The van der Waals surface area contributed by atoms with Gasteiger partial charge in [0, 0.05) is 26.2 Å². The van der Waals surface area contributed by atoms with Crippen molar-refractivity contribution in [3.63, 3.8) is 0 Å². The molecule has 0 rings (SSSR count). The summed E-state index contributed by atoms with van der Waals surface area (Å²) in [5.74, 6) is 0. The molecule has 0 saturated heterocycles. The van der Waals surface area contributed by atoms with Crippen LogP contribution in [0.2, 0.25) is 0 Å². The molecule has 4 nitrogen and oxygen atoms in total. The lowest BCUT2D eigenvalue weighted by molar-refractivity contribution is 0.203. The van der Waals surface area contributed by atoms with Crippen molar-refractivity contribution >= 4 is 6.03 Å². The number of aliphatic hydroxyl groups is 1. The van der Waals surface area contributed by atoms with Gasteiger partial charge in [-0.25, -0.2) is 4.79 Å². The first-order chi connectivity index (χ1) is 6.61. The topological polar surface area (TPSA) is 52.6 Å². The van der Waals surface area contributed by atoms with Crippen LogP contribution in [0.5, 0.6) is 0 Å². The first-order valence-electron chi connectivity index (χ1n) is 5.24. The van der Waals surface area contributed by atoms with E-state index in [-0.39, 0.29) is 18.7 Å². The van der Waals surface area contributed by atoms with E-state index in [9.17, 15) is 4.79 Å². The van der Waals surface area contributed by atoms with Crippen LogP contribution in [0, 0.1) is 0 Å². The summed E-state index contributed by atoms with van der Waals surface area (Å²) in [5.41, 5.74) is 0. The molecule has 0 aromatic rings. The first kappa shape index (κ1) is 13.2. The second-order valence-corrected chi connectivity index (χ2v) is 3.64. The molecular formula is C10H22N2O2. The summed E-state index contributed by atoms with van der Waals surface area (Å²) in [6.07, 6.45) is 2.52. The average molecular weight is 202 g/mol. The number of hydrogen-bond acceptors (Lipinski definition) is 2. The highest BCUT2D eigenvalue weighted by molar-refractivity contribution is 5.74. The lowest BCUT2D eigenvalue weighted by Crippen LogP contribution is -2.42. The van der Waals surface area contributed by atoms with Crippen LogP contribution in [-0.2, 0) is 0 Å². The Kier molecular flexibility index (Phi) is 7.20. The van der Waals surface area contributed by atoms with Gasteiger partial charge in [0.15, 0.2) is 0 Å². The lowest BCUT2D eigenvalue weighted by atomic mass is 10.2. The maximum absolute atomic E-state index is 11.5.